The fourth-order valence-corrected chi connectivity index (χ4v) is 2.79. The number of rotatable bonds is 2. The Balaban J connectivity index is 1.75. The Bertz CT molecular complexity index is 628. The highest BCUT2D eigenvalue weighted by atomic mass is 16.2. The van der Waals surface area contributed by atoms with Crippen LogP contribution in [0.5, 0.6) is 0 Å². The molecule has 1 amide bonds. The number of carbonyl (C=O) groups is 1. The van der Waals surface area contributed by atoms with E-state index < -0.39 is 0 Å². The predicted octanol–water partition coefficient (Wildman–Crippen LogP) is 3.05. The maximum Gasteiger partial charge on any atom is 0.254 e. The van der Waals surface area contributed by atoms with Gasteiger partial charge in [0.25, 0.3) is 5.91 Å². The molecule has 0 saturated carbocycles. The number of nitrogens with zero attached hydrogens (tertiary/aromatic N) is 1. The standard InChI is InChI=1S/C18H17NO/c1-2-14-7-9-15(10-8-14)13-19-12-11-16-5-3-4-6-17(16)18(19)20/h1,5-10H,3-4,11-13H2. The molecule has 2 nitrogen and oxygen atoms in total. The van der Waals surface area contributed by atoms with E-state index in [9.17, 15) is 4.79 Å². The van der Waals surface area contributed by atoms with Crippen LogP contribution < -0.4 is 0 Å². The summed E-state index contributed by atoms with van der Waals surface area (Å²) in [6, 6.07) is 7.86. The molecule has 0 aromatic heterocycles. The molecule has 0 spiro atoms. The molecular weight excluding hydrogens is 246 g/mol. The first-order valence-corrected chi connectivity index (χ1v) is 7.02. The van der Waals surface area contributed by atoms with Crippen molar-refractivity contribution >= 4 is 5.91 Å². The molecule has 1 fully saturated rings. The van der Waals surface area contributed by atoms with E-state index in [2.05, 4.69) is 18.1 Å². The Morgan fingerprint density at radius 3 is 2.65 bits per heavy atom. The Morgan fingerprint density at radius 1 is 1.15 bits per heavy atom. The Hall–Kier alpha value is -2.27. The Kier molecular flexibility index (Phi) is 3.43. The second-order valence-corrected chi connectivity index (χ2v) is 5.24. The molecule has 1 aliphatic heterocycles. The third kappa shape index (κ3) is 2.40. The van der Waals surface area contributed by atoms with E-state index in [1.165, 1.54) is 5.57 Å². The van der Waals surface area contributed by atoms with Crippen molar-refractivity contribution in [1.29, 1.82) is 0 Å². The molecule has 3 rings (SSSR count). The van der Waals surface area contributed by atoms with Gasteiger partial charge in [-0.3, -0.25) is 4.79 Å². The van der Waals surface area contributed by atoms with E-state index in [4.69, 9.17) is 6.42 Å². The maximum absolute atomic E-state index is 12.5. The first-order chi connectivity index (χ1) is 9.78. The van der Waals surface area contributed by atoms with E-state index in [0.717, 1.165) is 42.5 Å². The van der Waals surface area contributed by atoms with Gasteiger partial charge in [-0.25, -0.2) is 0 Å². The quantitative estimate of drug-likeness (QED) is 0.751. The van der Waals surface area contributed by atoms with Crippen LogP contribution in [0.4, 0.5) is 0 Å². The van der Waals surface area contributed by atoms with Crippen LogP contribution in [0.1, 0.15) is 30.4 Å². The Morgan fingerprint density at radius 2 is 1.90 bits per heavy atom. The van der Waals surface area contributed by atoms with Crippen LogP contribution in [-0.2, 0) is 11.3 Å². The molecule has 1 saturated heterocycles. The zero-order valence-corrected chi connectivity index (χ0v) is 11.4. The van der Waals surface area contributed by atoms with Gasteiger partial charge in [-0.15, -0.1) is 6.42 Å². The summed E-state index contributed by atoms with van der Waals surface area (Å²) >= 11 is 0. The van der Waals surface area contributed by atoms with Crippen LogP contribution in [0.3, 0.4) is 0 Å². The van der Waals surface area contributed by atoms with Gasteiger partial charge in [0.2, 0.25) is 0 Å². The van der Waals surface area contributed by atoms with E-state index in [-0.39, 0.29) is 5.91 Å². The summed E-state index contributed by atoms with van der Waals surface area (Å²) in [6.07, 6.45) is 12.7. The van der Waals surface area contributed by atoms with Crippen LogP contribution in [0.15, 0.2) is 47.6 Å². The summed E-state index contributed by atoms with van der Waals surface area (Å²) in [5.41, 5.74) is 4.16. The lowest BCUT2D eigenvalue weighted by atomic mass is 9.91. The number of carbonyl (C=O) groups excluding carboxylic acids is 1. The average molecular weight is 263 g/mol. The van der Waals surface area contributed by atoms with Crippen molar-refractivity contribution in [1.82, 2.24) is 4.90 Å². The molecule has 1 heterocycles. The van der Waals surface area contributed by atoms with Gasteiger partial charge in [-0.2, -0.15) is 0 Å². The zero-order chi connectivity index (χ0) is 13.9. The number of amides is 1. The number of benzene rings is 1. The van der Waals surface area contributed by atoms with Crippen LogP contribution in [0, 0.1) is 12.3 Å². The molecule has 1 aromatic rings. The lowest BCUT2D eigenvalue weighted by Crippen LogP contribution is -2.37. The van der Waals surface area contributed by atoms with Crippen molar-refractivity contribution in [3.05, 3.63) is 58.7 Å². The summed E-state index contributed by atoms with van der Waals surface area (Å²) in [4.78, 5) is 14.4. The molecule has 2 heteroatoms. The summed E-state index contributed by atoms with van der Waals surface area (Å²) in [6.45, 7) is 1.47. The summed E-state index contributed by atoms with van der Waals surface area (Å²) in [5, 5.41) is 0. The van der Waals surface area contributed by atoms with Gasteiger partial charge in [-0.1, -0.05) is 30.2 Å². The van der Waals surface area contributed by atoms with Gasteiger partial charge in [0.15, 0.2) is 0 Å². The molecule has 0 N–H and O–H groups in total. The molecule has 20 heavy (non-hydrogen) atoms. The normalized spacial score (nSPS) is 17.9. The highest BCUT2D eigenvalue weighted by molar-refractivity contribution is 5.99. The summed E-state index contributed by atoms with van der Waals surface area (Å²) in [5.74, 6) is 2.78. The molecule has 2 aliphatic rings. The minimum Gasteiger partial charge on any atom is -0.334 e. The number of likely N-dealkylation sites (tertiary alicyclic amines) is 1. The van der Waals surface area contributed by atoms with E-state index in [0.29, 0.717) is 6.54 Å². The van der Waals surface area contributed by atoms with Crippen molar-refractivity contribution < 1.29 is 4.79 Å². The molecule has 1 aliphatic carbocycles. The van der Waals surface area contributed by atoms with Gasteiger partial charge in [0, 0.05) is 24.2 Å². The number of terminal acetylenes is 1. The van der Waals surface area contributed by atoms with Crippen LogP contribution in [-0.4, -0.2) is 17.4 Å². The first kappa shape index (κ1) is 12.7. The van der Waals surface area contributed by atoms with Gasteiger partial charge >= 0.3 is 0 Å². The largest absolute Gasteiger partial charge is 0.334 e. The van der Waals surface area contributed by atoms with Crippen LogP contribution in [0.25, 0.3) is 0 Å². The second kappa shape index (κ2) is 5.38. The number of hydrogen-bond acceptors (Lipinski definition) is 1. The number of fused-ring (bicyclic) bond motifs is 1. The SMILES string of the molecule is C#Cc1ccc(CN2CCC3=CCCC=C3C2=O)cc1. The summed E-state index contributed by atoms with van der Waals surface area (Å²) < 4.78 is 0. The molecule has 0 radical (unpaired) electrons. The fraction of sp³-hybridized carbons (Fsp3) is 0.278. The minimum atomic E-state index is 0.170. The number of piperidine rings is 1. The highest BCUT2D eigenvalue weighted by Crippen LogP contribution is 2.28. The van der Waals surface area contributed by atoms with Crippen molar-refractivity contribution in [2.75, 3.05) is 6.54 Å². The average Bonchev–Trinajstić information content (AvgIpc) is 2.51. The third-order valence-electron chi connectivity index (χ3n) is 3.91. The Labute approximate surface area is 119 Å². The molecule has 100 valence electrons. The van der Waals surface area contributed by atoms with E-state index in [1.54, 1.807) is 0 Å². The predicted molar refractivity (Wildman–Crippen MR) is 79.8 cm³/mol. The third-order valence-corrected chi connectivity index (χ3v) is 3.91. The first-order valence-electron chi connectivity index (χ1n) is 7.02. The van der Waals surface area contributed by atoms with Crippen molar-refractivity contribution in [2.45, 2.75) is 25.8 Å². The monoisotopic (exact) mass is 263 g/mol. The smallest absolute Gasteiger partial charge is 0.254 e. The maximum atomic E-state index is 12.5. The van der Waals surface area contributed by atoms with Crippen LogP contribution in [0.2, 0.25) is 0 Å². The van der Waals surface area contributed by atoms with Crippen molar-refractivity contribution in [3.8, 4) is 12.3 Å². The second-order valence-electron chi connectivity index (χ2n) is 5.24. The molecule has 0 bridgehead atoms. The fourth-order valence-electron chi connectivity index (χ4n) is 2.79. The lowest BCUT2D eigenvalue weighted by Gasteiger charge is -2.31. The molecule has 0 atom stereocenters. The molecular formula is C18H17NO. The lowest BCUT2D eigenvalue weighted by molar-refractivity contribution is -0.128. The zero-order valence-electron chi connectivity index (χ0n) is 11.4. The van der Waals surface area contributed by atoms with Crippen molar-refractivity contribution in [3.63, 3.8) is 0 Å². The van der Waals surface area contributed by atoms with Crippen LogP contribution >= 0.6 is 0 Å². The van der Waals surface area contributed by atoms with Gasteiger partial charge in [0.1, 0.15) is 0 Å². The van der Waals surface area contributed by atoms with Gasteiger partial charge < -0.3 is 4.90 Å². The van der Waals surface area contributed by atoms with Gasteiger partial charge in [0.05, 0.1) is 0 Å². The highest BCUT2D eigenvalue weighted by Gasteiger charge is 2.27. The van der Waals surface area contributed by atoms with Gasteiger partial charge in [-0.05, 0) is 42.5 Å². The van der Waals surface area contributed by atoms with E-state index >= 15 is 0 Å². The topological polar surface area (TPSA) is 20.3 Å². The number of allylic oxidation sites excluding steroid dienone is 2. The summed E-state index contributed by atoms with van der Waals surface area (Å²) in [7, 11) is 0. The van der Waals surface area contributed by atoms with Crippen molar-refractivity contribution in [2.24, 2.45) is 0 Å². The van der Waals surface area contributed by atoms with E-state index in [1.807, 2.05) is 29.2 Å². The number of hydrogen-bond donors (Lipinski definition) is 0. The minimum absolute atomic E-state index is 0.170. The molecule has 0 unspecified atom stereocenters. The molecule has 1 aromatic carbocycles.